The Labute approximate surface area is 112 Å². The fourth-order valence-corrected chi connectivity index (χ4v) is 1.37. The maximum absolute atomic E-state index is 11.7. The zero-order chi connectivity index (χ0) is 14.6. The Hall–Kier alpha value is -1.89. The first kappa shape index (κ1) is 15.2. The number of aryl methyl sites for hydroxylation is 1. The van der Waals surface area contributed by atoms with E-state index in [1.165, 1.54) is 0 Å². The highest BCUT2D eigenvalue weighted by Crippen LogP contribution is 2.13. The molecule has 0 bridgehead atoms. The van der Waals surface area contributed by atoms with E-state index in [4.69, 9.17) is 5.73 Å². The lowest BCUT2D eigenvalue weighted by molar-refractivity contribution is -0.125. The Bertz CT molecular complexity index is 467. The van der Waals surface area contributed by atoms with Crippen molar-refractivity contribution < 1.29 is 9.59 Å². The number of nitrogens with two attached hydrogens (primary N) is 1. The van der Waals surface area contributed by atoms with Gasteiger partial charge in [-0.05, 0) is 19.8 Å². The Morgan fingerprint density at radius 3 is 2.47 bits per heavy atom. The molecule has 0 spiro atoms. The summed E-state index contributed by atoms with van der Waals surface area (Å²) in [4.78, 5) is 23.2. The van der Waals surface area contributed by atoms with Crippen LogP contribution in [-0.2, 0) is 9.59 Å². The van der Waals surface area contributed by atoms with Crippen LogP contribution in [0.2, 0.25) is 0 Å². The maximum Gasteiger partial charge on any atom is 0.244 e. The van der Waals surface area contributed by atoms with Crippen LogP contribution in [-0.4, -0.2) is 34.6 Å². The van der Waals surface area contributed by atoms with E-state index in [1.54, 1.807) is 0 Å². The summed E-state index contributed by atoms with van der Waals surface area (Å²) in [5.74, 6) is -0.164. The van der Waals surface area contributed by atoms with Crippen LogP contribution in [0.3, 0.4) is 0 Å². The Balaban J connectivity index is 2.45. The molecule has 7 nitrogen and oxygen atoms in total. The molecule has 1 aromatic heterocycles. The van der Waals surface area contributed by atoms with Gasteiger partial charge in [0.2, 0.25) is 11.8 Å². The average Bonchev–Trinajstić information content (AvgIpc) is 2.66. The molecule has 1 atom stereocenters. The Morgan fingerprint density at radius 2 is 2.00 bits per heavy atom. The summed E-state index contributed by atoms with van der Waals surface area (Å²) in [5.41, 5.74) is 7.43. The van der Waals surface area contributed by atoms with Gasteiger partial charge in [0.15, 0.2) is 5.82 Å². The summed E-state index contributed by atoms with van der Waals surface area (Å²) in [6, 6.07) is -0.609. The molecule has 0 radical (unpaired) electrons. The molecule has 19 heavy (non-hydrogen) atoms. The molecule has 5 N–H and O–H groups in total. The minimum absolute atomic E-state index is 0.0271. The van der Waals surface area contributed by atoms with Crippen molar-refractivity contribution in [3.05, 3.63) is 11.3 Å². The molecule has 2 amide bonds. The van der Waals surface area contributed by atoms with Crippen LogP contribution in [0.5, 0.6) is 0 Å². The molecule has 0 unspecified atom stereocenters. The smallest absolute Gasteiger partial charge is 0.244 e. The molecule has 1 aromatic rings. The zero-order valence-electron chi connectivity index (χ0n) is 11.7. The predicted molar refractivity (Wildman–Crippen MR) is 72.5 cm³/mol. The molecule has 0 aliphatic rings. The summed E-state index contributed by atoms with van der Waals surface area (Å²) in [6.07, 6.45) is 0. The average molecular weight is 267 g/mol. The van der Waals surface area contributed by atoms with Crippen molar-refractivity contribution in [2.75, 3.05) is 11.9 Å². The fourth-order valence-electron chi connectivity index (χ4n) is 1.37. The Morgan fingerprint density at radius 1 is 1.37 bits per heavy atom. The molecule has 1 rings (SSSR count). The molecule has 106 valence electrons. The number of rotatable bonds is 5. The number of aromatic amines is 1. The molecule has 0 fully saturated rings. The summed E-state index contributed by atoms with van der Waals surface area (Å²) in [5, 5.41) is 11.8. The quantitative estimate of drug-likeness (QED) is 0.604. The number of anilines is 1. The number of carbonyl (C=O) groups is 2. The van der Waals surface area contributed by atoms with E-state index >= 15 is 0 Å². The monoisotopic (exact) mass is 267 g/mol. The zero-order valence-corrected chi connectivity index (χ0v) is 11.7. The maximum atomic E-state index is 11.7. The Kier molecular flexibility index (Phi) is 5.05. The second-order valence-corrected chi connectivity index (χ2v) is 4.86. The van der Waals surface area contributed by atoms with Gasteiger partial charge in [-0.3, -0.25) is 14.7 Å². The summed E-state index contributed by atoms with van der Waals surface area (Å²) < 4.78 is 0. The van der Waals surface area contributed by atoms with Crippen molar-refractivity contribution in [2.45, 2.75) is 33.7 Å². The summed E-state index contributed by atoms with van der Waals surface area (Å²) in [7, 11) is 0. The van der Waals surface area contributed by atoms with Gasteiger partial charge in [0, 0.05) is 11.3 Å². The standard InChI is InChI=1S/C12H21N5O2/c1-6(2)10(13)12(19)14-5-9(18)15-11-7(3)8(4)16-17-11/h6,10H,5,13H2,1-4H3,(H,14,19)(H2,15,16,17,18)/t10-/m0/s1. The van der Waals surface area contributed by atoms with E-state index in [-0.39, 0.29) is 24.3 Å². The van der Waals surface area contributed by atoms with Gasteiger partial charge < -0.3 is 16.4 Å². The number of aromatic nitrogens is 2. The van der Waals surface area contributed by atoms with Crippen molar-refractivity contribution in [3.63, 3.8) is 0 Å². The molecule has 0 saturated heterocycles. The van der Waals surface area contributed by atoms with Crippen molar-refractivity contribution in [1.82, 2.24) is 15.5 Å². The van der Waals surface area contributed by atoms with Crippen LogP contribution in [0.25, 0.3) is 0 Å². The molecular formula is C12H21N5O2. The minimum Gasteiger partial charge on any atom is -0.346 e. The van der Waals surface area contributed by atoms with Crippen LogP contribution in [0.4, 0.5) is 5.82 Å². The van der Waals surface area contributed by atoms with E-state index < -0.39 is 6.04 Å². The highest BCUT2D eigenvalue weighted by atomic mass is 16.2. The molecule has 0 aliphatic carbocycles. The number of carbonyl (C=O) groups excluding carboxylic acids is 2. The molecule has 1 heterocycles. The molecule has 7 heteroatoms. The van der Waals surface area contributed by atoms with Gasteiger partial charge in [0.05, 0.1) is 12.6 Å². The first-order valence-electron chi connectivity index (χ1n) is 6.17. The topological polar surface area (TPSA) is 113 Å². The third-order valence-corrected chi connectivity index (χ3v) is 2.96. The summed E-state index contributed by atoms with van der Waals surface area (Å²) >= 11 is 0. The lowest BCUT2D eigenvalue weighted by Gasteiger charge is -2.14. The largest absolute Gasteiger partial charge is 0.346 e. The van der Waals surface area contributed by atoms with Crippen LogP contribution in [0.15, 0.2) is 0 Å². The van der Waals surface area contributed by atoms with Crippen molar-refractivity contribution in [1.29, 1.82) is 0 Å². The first-order chi connectivity index (χ1) is 8.82. The molecule has 0 saturated carbocycles. The second kappa shape index (κ2) is 6.33. The first-order valence-corrected chi connectivity index (χ1v) is 6.17. The number of amides is 2. The van der Waals surface area contributed by atoms with Crippen LogP contribution in [0.1, 0.15) is 25.1 Å². The van der Waals surface area contributed by atoms with E-state index in [0.717, 1.165) is 11.3 Å². The number of nitrogens with one attached hydrogen (secondary N) is 3. The van der Waals surface area contributed by atoms with E-state index in [2.05, 4.69) is 20.8 Å². The van der Waals surface area contributed by atoms with Crippen LogP contribution in [0, 0.1) is 19.8 Å². The highest BCUT2D eigenvalue weighted by molar-refractivity contribution is 5.95. The lowest BCUT2D eigenvalue weighted by atomic mass is 10.1. The third kappa shape index (κ3) is 4.06. The van der Waals surface area contributed by atoms with Gasteiger partial charge >= 0.3 is 0 Å². The van der Waals surface area contributed by atoms with Gasteiger partial charge in [-0.25, -0.2) is 0 Å². The van der Waals surface area contributed by atoms with Crippen molar-refractivity contribution in [3.8, 4) is 0 Å². The lowest BCUT2D eigenvalue weighted by Crippen LogP contribution is -2.46. The van der Waals surface area contributed by atoms with Gasteiger partial charge in [-0.2, -0.15) is 5.10 Å². The van der Waals surface area contributed by atoms with Crippen molar-refractivity contribution in [2.24, 2.45) is 11.7 Å². The molecular weight excluding hydrogens is 246 g/mol. The van der Waals surface area contributed by atoms with Gasteiger partial charge in [-0.1, -0.05) is 13.8 Å². The van der Waals surface area contributed by atoms with Gasteiger partial charge in [0.25, 0.3) is 0 Å². The van der Waals surface area contributed by atoms with Gasteiger partial charge in [-0.15, -0.1) is 0 Å². The van der Waals surface area contributed by atoms with Crippen molar-refractivity contribution >= 4 is 17.6 Å². The van der Waals surface area contributed by atoms with E-state index in [9.17, 15) is 9.59 Å². The van der Waals surface area contributed by atoms with Crippen LogP contribution < -0.4 is 16.4 Å². The third-order valence-electron chi connectivity index (χ3n) is 2.96. The summed E-state index contributed by atoms with van der Waals surface area (Å²) in [6.45, 7) is 7.29. The molecule has 0 aliphatic heterocycles. The number of nitrogens with zero attached hydrogens (tertiary/aromatic N) is 1. The minimum atomic E-state index is -0.609. The van der Waals surface area contributed by atoms with Gasteiger partial charge in [0.1, 0.15) is 0 Å². The predicted octanol–water partition coefficient (Wildman–Crippen LogP) is 0.0645. The van der Waals surface area contributed by atoms with E-state index in [0.29, 0.717) is 5.82 Å². The number of H-pyrrole nitrogens is 1. The SMILES string of the molecule is Cc1[nH]nc(NC(=O)CNC(=O)[C@@H](N)C(C)C)c1C. The molecule has 0 aromatic carbocycles. The van der Waals surface area contributed by atoms with E-state index in [1.807, 2.05) is 27.7 Å². The number of hydrogen-bond donors (Lipinski definition) is 4. The second-order valence-electron chi connectivity index (χ2n) is 4.86. The normalized spacial score (nSPS) is 12.3. The highest BCUT2D eigenvalue weighted by Gasteiger charge is 2.18. The van der Waals surface area contributed by atoms with Crippen LogP contribution >= 0.6 is 0 Å². The fraction of sp³-hybridized carbons (Fsp3) is 0.583. The number of hydrogen-bond acceptors (Lipinski definition) is 4.